The molecule has 0 amide bonds. The summed E-state index contributed by atoms with van der Waals surface area (Å²) in [7, 11) is 0. The van der Waals surface area contributed by atoms with Crippen LogP contribution in [0.2, 0.25) is 5.02 Å². The number of benzene rings is 1. The molecule has 0 unspecified atom stereocenters. The number of hydrogen-bond acceptors (Lipinski definition) is 3. The molecule has 0 aliphatic carbocycles. The van der Waals surface area contributed by atoms with Crippen molar-refractivity contribution >= 4 is 33.2 Å². The van der Waals surface area contributed by atoms with Gasteiger partial charge in [0.15, 0.2) is 0 Å². The molecule has 19 heavy (non-hydrogen) atoms. The first kappa shape index (κ1) is 14.2. The molecule has 1 N–H and O–H groups in total. The Morgan fingerprint density at radius 1 is 1.37 bits per heavy atom. The highest BCUT2D eigenvalue weighted by Crippen LogP contribution is 2.25. The second-order valence-electron chi connectivity index (χ2n) is 3.89. The average Bonchev–Trinajstić information content (AvgIpc) is 2.42. The topological polar surface area (TPSA) is 34.1 Å². The van der Waals surface area contributed by atoms with Crippen molar-refractivity contribution < 1.29 is 4.74 Å². The summed E-state index contributed by atoms with van der Waals surface area (Å²) in [5.74, 6) is 0.619. The van der Waals surface area contributed by atoms with Crippen LogP contribution in [0.3, 0.4) is 0 Å². The molecule has 0 aliphatic heterocycles. The first-order valence-electron chi connectivity index (χ1n) is 5.96. The molecule has 2 aromatic rings. The van der Waals surface area contributed by atoms with Crippen molar-refractivity contribution in [2.24, 2.45) is 0 Å². The van der Waals surface area contributed by atoms with E-state index >= 15 is 0 Å². The van der Waals surface area contributed by atoms with Gasteiger partial charge >= 0.3 is 0 Å². The zero-order valence-electron chi connectivity index (χ0n) is 10.5. The predicted molar refractivity (Wildman–Crippen MR) is 81.9 cm³/mol. The number of rotatable bonds is 5. The zero-order chi connectivity index (χ0) is 13.7. The standard InChI is InChI=1S/C14H14BrClN2O/c1-2-19-14-13(4-3-7-17-14)18-9-10-5-6-11(15)12(16)8-10/h3-8,18H,2,9H2,1H3. The Bertz CT molecular complexity index is 563. The molecule has 2 rings (SSSR count). The van der Waals surface area contributed by atoms with Crippen molar-refractivity contribution in [1.29, 1.82) is 0 Å². The number of anilines is 1. The fraction of sp³-hybridized carbons (Fsp3) is 0.214. The van der Waals surface area contributed by atoms with Gasteiger partial charge in [-0.2, -0.15) is 0 Å². The van der Waals surface area contributed by atoms with E-state index in [2.05, 4.69) is 26.2 Å². The smallest absolute Gasteiger partial charge is 0.237 e. The molecule has 0 radical (unpaired) electrons. The number of ether oxygens (including phenoxy) is 1. The lowest BCUT2D eigenvalue weighted by atomic mass is 10.2. The van der Waals surface area contributed by atoms with Gasteiger partial charge in [0.1, 0.15) is 0 Å². The second kappa shape index (κ2) is 6.78. The second-order valence-corrected chi connectivity index (χ2v) is 5.15. The number of pyridine rings is 1. The minimum atomic E-state index is 0.593. The zero-order valence-corrected chi connectivity index (χ0v) is 12.8. The highest BCUT2D eigenvalue weighted by Gasteiger charge is 2.04. The Hall–Kier alpha value is -1.26. The number of nitrogens with one attached hydrogen (secondary N) is 1. The Balaban J connectivity index is 2.07. The molecule has 0 atom stereocenters. The summed E-state index contributed by atoms with van der Waals surface area (Å²) in [4.78, 5) is 4.19. The maximum Gasteiger partial charge on any atom is 0.237 e. The first-order valence-corrected chi connectivity index (χ1v) is 7.13. The van der Waals surface area contributed by atoms with E-state index in [1.54, 1.807) is 6.20 Å². The van der Waals surface area contributed by atoms with Crippen LogP contribution in [-0.4, -0.2) is 11.6 Å². The number of hydrogen-bond donors (Lipinski definition) is 1. The maximum atomic E-state index is 6.06. The number of aromatic nitrogens is 1. The Kier molecular flexibility index (Phi) is 5.05. The van der Waals surface area contributed by atoms with E-state index < -0.39 is 0 Å². The van der Waals surface area contributed by atoms with Crippen LogP contribution in [0, 0.1) is 0 Å². The molecule has 3 nitrogen and oxygen atoms in total. The summed E-state index contributed by atoms with van der Waals surface area (Å²) >= 11 is 9.44. The molecule has 0 aliphatic rings. The SMILES string of the molecule is CCOc1ncccc1NCc1ccc(Br)c(Cl)c1. The quantitative estimate of drug-likeness (QED) is 0.869. The van der Waals surface area contributed by atoms with Crippen LogP contribution in [-0.2, 0) is 6.54 Å². The molecular formula is C14H14BrClN2O. The molecule has 0 bridgehead atoms. The van der Waals surface area contributed by atoms with E-state index in [0.29, 0.717) is 24.1 Å². The third kappa shape index (κ3) is 3.85. The van der Waals surface area contributed by atoms with Gasteiger partial charge in [0.25, 0.3) is 0 Å². The molecule has 100 valence electrons. The third-order valence-corrected chi connectivity index (χ3v) is 3.75. The third-order valence-electron chi connectivity index (χ3n) is 2.52. The summed E-state index contributed by atoms with van der Waals surface area (Å²) < 4.78 is 6.36. The van der Waals surface area contributed by atoms with E-state index in [9.17, 15) is 0 Å². The molecule has 1 heterocycles. The Morgan fingerprint density at radius 3 is 2.95 bits per heavy atom. The van der Waals surface area contributed by atoms with Crippen LogP contribution in [0.5, 0.6) is 5.88 Å². The summed E-state index contributed by atoms with van der Waals surface area (Å²) in [6, 6.07) is 9.69. The van der Waals surface area contributed by atoms with E-state index in [-0.39, 0.29) is 0 Å². The van der Waals surface area contributed by atoms with Crippen LogP contribution in [0.15, 0.2) is 41.0 Å². The van der Waals surface area contributed by atoms with Crippen molar-refractivity contribution in [3.8, 4) is 5.88 Å². The van der Waals surface area contributed by atoms with Gasteiger partial charge in [-0.15, -0.1) is 0 Å². The lowest BCUT2D eigenvalue weighted by molar-refractivity contribution is 0.328. The fourth-order valence-corrected chi connectivity index (χ4v) is 2.07. The summed E-state index contributed by atoms with van der Waals surface area (Å²) in [5.41, 5.74) is 1.97. The van der Waals surface area contributed by atoms with Gasteiger partial charge in [-0.1, -0.05) is 17.7 Å². The Labute approximate surface area is 126 Å². The molecule has 0 saturated heterocycles. The molecule has 5 heteroatoms. The normalized spacial score (nSPS) is 10.3. The molecule has 0 fully saturated rings. The van der Waals surface area contributed by atoms with Crippen molar-refractivity contribution in [1.82, 2.24) is 4.98 Å². The number of nitrogens with zero attached hydrogens (tertiary/aromatic N) is 1. The van der Waals surface area contributed by atoms with E-state index in [4.69, 9.17) is 16.3 Å². The molecule has 0 spiro atoms. The van der Waals surface area contributed by atoms with Crippen molar-refractivity contribution in [3.63, 3.8) is 0 Å². The lowest BCUT2D eigenvalue weighted by Gasteiger charge is -2.11. The summed E-state index contributed by atoms with van der Waals surface area (Å²) in [6.07, 6.45) is 1.71. The van der Waals surface area contributed by atoms with Crippen molar-refractivity contribution in [2.75, 3.05) is 11.9 Å². The van der Waals surface area contributed by atoms with Crippen molar-refractivity contribution in [2.45, 2.75) is 13.5 Å². The van der Waals surface area contributed by atoms with Crippen LogP contribution in [0.25, 0.3) is 0 Å². The van der Waals surface area contributed by atoms with Gasteiger partial charge < -0.3 is 10.1 Å². The summed E-state index contributed by atoms with van der Waals surface area (Å²) in [6.45, 7) is 3.20. The molecule has 0 saturated carbocycles. The van der Waals surface area contributed by atoms with Crippen LogP contribution in [0.1, 0.15) is 12.5 Å². The van der Waals surface area contributed by atoms with Crippen molar-refractivity contribution in [3.05, 3.63) is 51.6 Å². The maximum absolute atomic E-state index is 6.06. The van der Waals surface area contributed by atoms with E-state index in [0.717, 1.165) is 15.7 Å². The minimum Gasteiger partial charge on any atom is -0.476 e. The monoisotopic (exact) mass is 340 g/mol. The lowest BCUT2D eigenvalue weighted by Crippen LogP contribution is -2.03. The summed E-state index contributed by atoms with van der Waals surface area (Å²) in [5, 5.41) is 4.00. The van der Waals surface area contributed by atoms with E-state index in [1.165, 1.54) is 0 Å². The van der Waals surface area contributed by atoms with E-state index in [1.807, 2.05) is 37.3 Å². The predicted octanol–water partition coefficient (Wildman–Crippen LogP) is 4.51. The van der Waals surface area contributed by atoms with Gasteiger partial charge in [0.05, 0.1) is 17.3 Å². The fourth-order valence-electron chi connectivity index (χ4n) is 1.62. The van der Waals surface area contributed by atoms with Crippen LogP contribution in [0.4, 0.5) is 5.69 Å². The molecule has 1 aromatic heterocycles. The van der Waals surface area contributed by atoms with Gasteiger partial charge in [0.2, 0.25) is 5.88 Å². The minimum absolute atomic E-state index is 0.593. The van der Waals surface area contributed by atoms with Gasteiger partial charge in [-0.05, 0) is 52.7 Å². The average molecular weight is 342 g/mol. The van der Waals surface area contributed by atoms with Gasteiger partial charge in [0, 0.05) is 17.2 Å². The number of halogens is 2. The largest absolute Gasteiger partial charge is 0.476 e. The van der Waals surface area contributed by atoms with Crippen LogP contribution < -0.4 is 10.1 Å². The van der Waals surface area contributed by atoms with Crippen LogP contribution >= 0.6 is 27.5 Å². The molecule has 1 aromatic carbocycles. The molecular weight excluding hydrogens is 328 g/mol. The highest BCUT2D eigenvalue weighted by molar-refractivity contribution is 9.10. The highest BCUT2D eigenvalue weighted by atomic mass is 79.9. The Morgan fingerprint density at radius 2 is 2.21 bits per heavy atom. The first-order chi connectivity index (χ1) is 9.20. The van der Waals surface area contributed by atoms with Gasteiger partial charge in [-0.3, -0.25) is 0 Å². The van der Waals surface area contributed by atoms with Gasteiger partial charge in [-0.25, -0.2) is 4.98 Å².